The highest BCUT2D eigenvalue weighted by molar-refractivity contribution is 6.31. The highest BCUT2D eigenvalue weighted by Crippen LogP contribution is 2.49. The molecule has 2 amide bonds. The lowest BCUT2D eigenvalue weighted by atomic mass is 9.90. The fraction of sp³-hybridized carbons (Fsp3) is 0.188. The minimum absolute atomic E-state index is 0.344. The van der Waals surface area contributed by atoms with E-state index in [2.05, 4.69) is 0 Å². The van der Waals surface area contributed by atoms with Gasteiger partial charge in [-0.2, -0.15) is 0 Å². The zero-order chi connectivity index (χ0) is 27.6. The van der Waals surface area contributed by atoms with Crippen LogP contribution >= 0.6 is 11.6 Å². The summed E-state index contributed by atoms with van der Waals surface area (Å²) >= 11 is 6.18. The predicted octanol–water partition coefficient (Wildman–Crippen LogP) is 6.37. The van der Waals surface area contributed by atoms with E-state index in [1.165, 1.54) is 4.90 Å². The number of hydrogen-bond donors (Lipinski definition) is 0. The lowest BCUT2D eigenvalue weighted by Crippen LogP contribution is -2.37. The zero-order valence-electron chi connectivity index (χ0n) is 21.8. The molecule has 0 aliphatic carbocycles. The number of benzene rings is 4. The minimum atomic E-state index is -0.985. The molecule has 6 rings (SSSR count). The van der Waals surface area contributed by atoms with Crippen molar-refractivity contribution in [1.82, 2.24) is 0 Å². The summed E-state index contributed by atoms with van der Waals surface area (Å²) in [5.41, 5.74) is 2.96. The molecule has 4 aromatic carbocycles. The summed E-state index contributed by atoms with van der Waals surface area (Å²) in [6, 6.07) is 31.1. The van der Waals surface area contributed by atoms with E-state index in [-0.39, 0.29) is 5.91 Å². The molecule has 0 unspecified atom stereocenters. The highest BCUT2D eigenvalue weighted by atomic mass is 35.5. The molecule has 2 aliphatic rings. The number of ether oxygens (including phenoxy) is 2. The number of carbonyl (C=O) groups is 2. The second-order valence-corrected chi connectivity index (χ2v) is 10.00. The first-order chi connectivity index (χ1) is 19.5. The van der Waals surface area contributed by atoms with Crippen molar-refractivity contribution >= 4 is 34.8 Å². The van der Waals surface area contributed by atoms with E-state index in [0.717, 1.165) is 16.8 Å². The van der Waals surface area contributed by atoms with Crippen LogP contribution in [-0.4, -0.2) is 24.5 Å². The second-order valence-electron chi connectivity index (χ2n) is 9.56. The third-order valence-corrected chi connectivity index (χ3v) is 7.27. The number of fused-ring (bicyclic) bond motifs is 1. The number of rotatable bonds is 8. The van der Waals surface area contributed by atoms with E-state index in [0.29, 0.717) is 35.4 Å². The Labute approximate surface area is 237 Å². The van der Waals surface area contributed by atoms with Crippen molar-refractivity contribution in [3.05, 3.63) is 119 Å². The normalized spacial score (nSPS) is 20.1. The van der Waals surface area contributed by atoms with E-state index in [1.54, 1.807) is 29.3 Å². The minimum Gasteiger partial charge on any atom is -0.490 e. The molecule has 202 valence electrons. The van der Waals surface area contributed by atoms with Crippen LogP contribution in [0.3, 0.4) is 0 Å². The standard InChI is InChI=1S/C32H27ClN2O5/c1-2-38-27-18-22(16-17-26(27)39-20-21-10-5-3-6-11-21)29-28-30(40-35(29)24-13-7-4-8-14-24)32(37)34(31(28)36)25-15-9-12-23(33)19-25/h3-19,28-30H,2,20H2,1H3/t28-,29-,30+/m1/s1. The molecular weight excluding hydrogens is 528 g/mol. The summed E-state index contributed by atoms with van der Waals surface area (Å²) in [6.45, 7) is 2.72. The molecule has 4 aromatic rings. The summed E-state index contributed by atoms with van der Waals surface area (Å²) < 4.78 is 12.1. The van der Waals surface area contributed by atoms with Gasteiger partial charge in [-0.3, -0.25) is 14.4 Å². The molecule has 0 bridgehead atoms. The average molecular weight is 555 g/mol. The van der Waals surface area contributed by atoms with Crippen molar-refractivity contribution in [1.29, 1.82) is 0 Å². The molecule has 0 N–H and O–H groups in total. The lowest BCUT2D eigenvalue weighted by Gasteiger charge is -2.29. The molecule has 0 radical (unpaired) electrons. The van der Waals surface area contributed by atoms with Gasteiger partial charge in [-0.05, 0) is 60.5 Å². The first-order valence-electron chi connectivity index (χ1n) is 13.1. The largest absolute Gasteiger partial charge is 0.490 e. The van der Waals surface area contributed by atoms with Crippen LogP contribution < -0.4 is 19.4 Å². The molecule has 2 saturated heterocycles. The number of anilines is 2. The highest BCUT2D eigenvalue weighted by Gasteiger charge is 2.60. The summed E-state index contributed by atoms with van der Waals surface area (Å²) in [6.07, 6.45) is -0.985. The van der Waals surface area contributed by atoms with Gasteiger partial charge in [0.05, 0.1) is 24.0 Å². The molecule has 2 fully saturated rings. The van der Waals surface area contributed by atoms with Gasteiger partial charge in [0.25, 0.3) is 5.91 Å². The first-order valence-corrected chi connectivity index (χ1v) is 13.5. The number of hydroxylamine groups is 1. The van der Waals surface area contributed by atoms with Crippen LogP contribution in [0.2, 0.25) is 5.02 Å². The van der Waals surface area contributed by atoms with Gasteiger partial charge in [0.1, 0.15) is 12.5 Å². The predicted molar refractivity (Wildman–Crippen MR) is 152 cm³/mol. The van der Waals surface area contributed by atoms with Crippen molar-refractivity contribution in [3.63, 3.8) is 0 Å². The molecule has 7 nitrogen and oxygen atoms in total. The molecule has 2 aliphatic heterocycles. The maximum atomic E-state index is 13.9. The number of hydrogen-bond acceptors (Lipinski definition) is 6. The van der Waals surface area contributed by atoms with E-state index >= 15 is 0 Å². The Balaban J connectivity index is 1.38. The van der Waals surface area contributed by atoms with Gasteiger partial charge < -0.3 is 9.47 Å². The monoisotopic (exact) mass is 554 g/mol. The Morgan fingerprint density at radius 2 is 1.50 bits per heavy atom. The third kappa shape index (κ3) is 4.78. The van der Waals surface area contributed by atoms with Crippen LogP contribution in [0.5, 0.6) is 11.5 Å². The van der Waals surface area contributed by atoms with Gasteiger partial charge in [0.2, 0.25) is 5.91 Å². The zero-order valence-corrected chi connectivity index (χ0v) is 22.5. The number of carbonyl (C=O) groups excluding carboxylic acids is 2. The van der Waals surface area contributed by atoms with Gasteiger partial charge in [-0.15, -0.1) is 0 Å². The van der Waals surface area contributed by atoms with Crippen molar-refractivity contribution in [2.24, 2.45) is 5.92 Å². The Morgan fingerprint density at radius 3 is 2.23 bits per heavy atom. The van der Waals surface area contributed by atoms with Gasteiger partial charge in [0.15, 0.2) is 17.6 Å². The summed E-state index contributed by atoms with van der Waals surface area (Å²) in [4.78, 5) is 34.9. The van der Waals surface area contributed by atoms with Gasteiger partial charge in [-0.1, -0.05) is 72.3 Å². The molecular formula is C32H27ClN2O5. The van der Waals surface area contributed by atoms with Crippen LogP contribution in [0.1, 0.15) is 24.1 Å². The topological polar surface area (TPSA) is 68.3 Å². The van der Waals surface area contributed by atoms with Crippen molar-refractivity contribution in [3.8, 4) is 11.5 Å². The van der Waals surface area contributed by atoms with Crippen molar-refractivity contribution < 1.29 is 23.9 Å². The van der Waals surface area contributed by atoms with Gasteiger partial charge >= 0.3 is 0 Å². The number of halogens is 1. The van der Waals surface area contributed by atoms with Crippen LogP contribution in [0.4, 0.5) is 11.4 Å². The van der Waals surface area contributed by atoms with Crippen LogP contribution in [-0.2, 0) is 21.0 Å². The fourth-order valence-electron chi connectivity index (χ4n) is 5.25. The van der Waals surface area contributed by atoms with Gasteiger partial charge in [0, 0.05) is 5.02 Å². The number of para-hydroxylation sites is 1. The lowest BCUT2D eigenvalue weighted by molar-refractivity contribution is -0.126. The third-order valence-electron chi connectivity index (χ3n) is 7.04. The van der Waals surface area contributed by atoms with Crippen LogP contribution in [0.15, 0.2) is 103 Å². The smallest absolute Gasteiger partial charge is 0.266 e. The Bertz CT molecular complexity index is 1530. The SMILES string of the molecule is CCOc1cc([C@@H]2[C@H]3C(=O)N(c4cccc(Cl)c4)C(=O)[C@H]3ON2c2ccccc2)ccc1OCc1ccccc1. The molecule has 40 heavy (non-hydrogen) atoms. The molecule has 3 atom stereocenters. The van der Waals surface area contributed by atoms with Gasteiger partial charge in [-0.25, -0.2) is 9.96 Å². The molecule has 0 aromatic heterocycles. The summed E-state index contributed by atoms with van der Waals surface area (Å²) in [5, 5.41) is 2.10. The summed E-state index contributed by atoms with van der Waals surface area (Å²) in [5.74, 6) is -0.407. The van der Waals surface area contributed by atoms with E-state index in [1.807, 2.05) is 85.8 Å². The summed E-state index contributed by atoms with van der Waals surface area (Å²) in [7, 11) is 0. The number of imide groups is 1. The van der Waals surface area contributed by atoms with E-state index < -0.39 is 24.0 Å². The molecule has 0 spiro atoms. The average Bonchev–Trinajstić information content (AvgIpc) is 3.49. The maximum Gasteiger partial charge on any atom is 0.266 e. The number of nitrogens with zero attached hydrogens (tertiary/aromatic N) is 2. The van der Waals surface area contributed by atoms with Crippen LogP contribution in [0, 0.1) is 5.92 Å². The molecule has 0 saturated carbocycles. The Hall–Kier alpha value is -4.33. The molecule has 8 heteroatoms. The first kappa shape index (κ1) is 25.9. The maximum absolute atomic E-state index is 13.9. The second kappa shape index (κ2) is 11.0. The quantitative estimate of drug-likeness (QED) is 0.236. The molecule has 2 heterocycles. The van der Waals surface area contributed by atoms with Crippen molar-refractivity contribution in [2.75, 3.05) is 16.6 Å². The number of amides is 2. The van der Waals surface area contributed by atoms with Crippen molar-refractivity contribution in [2.45, 2.75) is 25.7 Å². The fourth-order valence-corrected chi connectivity index (χ4v) is 5.44. The van der Waals surface area contributed by atoms with Crippen LogP contribution in [0.25, 0.3) is 0 Å². The Morgan fingerprint density at radius 1 is 0.775 bits per heavy atom. The Kier molecular flexibility index (Phi) is 7.15. The van der Waals surface area contributed by atoms with E-state index in [9.17, 15) is 9.59 Å². The van der Waals surface area contributed by atoms with E-state index in [4.69, 9.17) is 25.9 Å².